The molecule has 0 radical (unpaired) electrons. The van der Waals surface area contributed by atoms with E-state index in [0.29, 0.717) is 5.56 Å². The van der Waals surface area contributed by atoms with Gasteiger partial charge in [-0.15, -0.1) is 0 Å². The lowest BCUT2D eigenvalue weighted by molar-refractivity contribution is 0.706. The van der Waals surface area contributed by atoms with Crippen LogP contribution in [0.1, 0.15) is 24.8 Å². The topological polar surface area (TPSA) is 39.9 Å². The molecular formula is C12H15N3. The number of pyridine rings is 1. The molecule has 0 atom stereocenters. The Balaban J connectivity index is 2.03. The second-order valence-electron chi connectivity index (χ2n) is 4.14. The van der Waals surface area contributed by atoms with Gasteiger partial charge in [0.2, 0.25) is 0 Å². The van der Waals surface area contributed by atoms with Crippen LogP contribution in [-0.2, 0) is 0 Å². The van der Waals surface area contributed by atoms with Crippen molar-refractivity contribution in [1.29, 1.82) is 5.26 Å². The highest BCUT2D eigenvalue weighted by atomic mass is 15.2. The minimum absolute atomic E-state index is 0.663. The fraction of sp³-hybridized carbons (Fsp3) is 0.500. The predicted octanol–water partition coefficient (Wildman–Crippen LogP) is 2.19. The predicted molar refractivity (Wildman–Crippen MR) is 59.6 cm³/mol. The van der Waals surface area contributed by atoms with Crippen LogP contribution in [0.15, 0.2) is 18.3 Å². The Morgan fingerprint density at radius 2 is 2.40 bits per heavy atom. The number of hydrogen-bond acceptors (Lipinski definition) is 3. The maximum atomic E-state index is 8.94. The van der Waals surface area contributed by atoms with Crippen molar-refractivity contribution in [2.24, 2.45) is 5.92 Å². The van der Waals surface area contributed by atoms with Crippen LogP contribution in [0.2, 0.25) is 0 Å². The van der Waals surface area contributed by atoms with Gasteiger partial charge in [0, 0.05) is 19.8 Å². The molecule has 2 rings (SSSR count). The highest BCUT2D eigenvalue weighted by molar-refractivity contribution is 5.52. The van der Waals surface area contributed by atoms with E-state index in [1.54, 1.807) is 12.3 Å². The molecule has 0 spiro atoms. The van der Waals surface area contributed by atoms with E-state index in [0.717, 1.165) is 18.3 Å². The highest BCUT2D eigenvalue weighted by Crippen LogP contribution is 2.32. The summed E-state index contributed by atoms with van der Waals surface area (Å²) in [5.74, 6) is 1.72. The van der Waals surface area contributed by atoms with Crippen LogP contribution < -0.4 is 4.90 Å². The Kier molecular flexibility index (Phi) is 2.86. The zero-order valence-corrected chi connectivity index (χ0v) is 8.98. The number of nitriles is 1. The SMILES string of the molecule is CN(CCC1CC1)c1ncccc1C#N. The van der Waals surface area contributed by atoms with Gasteiger partial charge in [0.25, 0.3) is 0 Å². The number of nitrogens with zero attached hydrogens (tertiary/aromatic N) is 3. The zero-order chi connectivity index (χ0) is 10.7. The van der Waals surface area contributed by atoms with E-state index in [9.17, 15) is 0 Å². The number of rotatable bonds is 4. The summed E-state index contributed by atoms with van der Waals surface area (Å²) in [6, 6.07) is 5.79. The Hall–Kier alpha value is -1.56. The van der Waals surface area contributed by atoms with Crippen molar-refractivity contribution in [3.8, 4) is 6.07 Å². The van der Waals surface area contributed by atoms with Crippen LogP contribution in [0.25, 0.3) is 0 Å². The molecule has 0 N–H and O–H groups in total. The van der Waals surface area contributed by atoms with Crippen LogP contribution in [-0.4, -0.2) is 18.6 Å². The molecule has 0 aromatic carbocycles. The monoisotopic (exact) mass is 201 g/mol. The van der Waals surface area contributed by atoms with Gasteiger partial charge >= 0.3 is 0 Å². The Morgan fingerprint density at radius 1 is 1.60 bits per heavy atom. The number of hydrogen-bond donors (Lipinski definition) is 0. The second-order valence-corrected chi connectivity index (χ2v) is 4.14. The van der Waals surface area contributed by atoms with Crippen molar-refractivity contribution in [2.45, 2.75) is 19.3 Å². The molecule has 78 valence electrons. The summed E-state index contributed by atoms with van der Waals surface area (Å²) in [5, 5.41) is 8.94. The lowest BCUT2D eigenvalue weighted by atomic mass is 10.2. The van der Waals surface area contributed by atoms with Crippen molar-refractivity contribution < 1.29 is 0 Å². The molecule has 1 aromatic heterocycles. The smallest absolute Gasteiger partial charge is 0.146 e. The van der Waals surface area contributed by atoms with Gasteiger partial charge in [-0.25, -0.2) is 4.98 Å². The van der Waals surface area contributed by atoms with Gasteiger partial charge in [-0.2, -0.15) is 5.26 Å². The van der Waals surface area contributed by atoms with Crippen molar-refractivity contribution in [1.82, 2.24) is 4.98 Å². The van der Waals surface area contributed by atoms with Crippen molar-refractivity contribution in [2.75, 3.05) is 18.5 Å². The van der Waals surface area contributed by atoms with Gasteiger partial charge in [-0.05, 0) is 24.5 Å². The second kappa shape index (κ2) is 4.31. The fourth-order valence-electron chi connectivity index (χ4n) is 1.68. The first-order valence-electron chi connectivity index (χ1n) is 5.37. The van der Waals surface area contributed by atoms with Crippen LogP contribution in [0.4, 0.5) is 5.82 Å². The summed E-state index contributed by atoms with van der Waals surface area (Å²) in [6.45, 7) is 0.996. The first-order valence-corrected chi connectivity index (χ1v) is 5.37. The largest absolute Gasteiger partial charge is 0.359 e. The lowest BCUT2D eigenvalue weighted by Gasteiger charge is -2.18. The Labute approximate surface area is 90.4 Å². The highest BCUT2D eigenvalue weighted by Gasteiger charge is 2.21. The molecule has 1 saturated carbocycles. The van der Waals surface area contributed by atoms with Crippen molar-refractivity contribution in [3.05, 3.63) is 23.9 Å². The van der Waals surface area contributed by atoms with E-state index in [-0.39, 0.29) is 0 Å². The molecule has 1 fully saturated rings. The van der Waals surface area contributed by atoms with Gasteiger partial charge < -0.3 is 4.90 Å². The molecule has 3 heteroatoms. The van der Waals surface area contributed by atoms with Gasteiger partial charge in [0.05, 0.1) is 5.56 Å². The molecule has 0 saturated heterocycles. The van der Waals surface area contributed by atoms with Crippen molar-refractivity contribution in [3.63, 3.8) is 0 Å². The maximum Gasteiger partial charge on any atom is 0.146 e. The molecule has 3 nitrogen and oxygen atoms in total. The average molecular weight is 201 g/mol. The molecule has 1 aliphatic carbocycles. The van der Waals surface area contributed by atoms with E-state index in [2.05, 4.69) is 16.0 Å². The molecule has 0 bridgehead atoms. The minimum atomic E-state index is 0.663. The Bertz CT molecular complexity index is 377. The van der Waals surface area contributed by atoms with E-state index in [4.69, 9.17) is 5.26 Å². The summed E-state index contributed by atoms with van der Waals surface area (Å²) in [4.78, 5) is 6.33. The minimum Gasteiger partial charge on any atom is -0.359 e. The van der Waals surface area contributed by atoms with Gasteiger partial charge in [-0.1, -0.05) is 12.8 Å². The molecule has 0 aliphatic heterocycles. The van der Waals surface area contributed by atoms with E-state index >= 15 is 0 Å². The molecule has 1 heterocycles. The van der Waals surface area contributed by atoms with Crippen LogP contribution in [0.5, 0.6) is 0 Å². The third-order valence-electron chi connectivity index (χ3n) is 2.84. The third-order valence-corrected chi connectivity index (χ3v) is 2.84. The van der Waals surface area contributed by atoms with Gasteiger partial charge in [-0.3, -0.25) is 0 Å². The van der Waals surface area contributed by atoms with Gasteiger partial charge in [0.15, 0.2) is 0 Å². The quantitative estimate of drug-likeness (QED) is 0.749. The first kappa shape index (κ1) is 9.97. The fourth-order valence-corrected chi connectivity index (χ4v) is 1.68. The van der Waals surface area contributed by atoms with E-state index < -0.39 is 0 Å². The summed E-state index contributed by atoms with van der Waals surface area (Å²) in [5.41, 5.74) is 0.663. The standard InChI is InChI=1S/C12H15N3/c1-15(8-6-10-4-5-10)12-11(9-13)3-2-7-14-12/h2-3,7,10H,4-6,8H2,1H3. The molecule has 1 aliphatic rings. The van der Waals surface area contributed by atoms with Crippen LogP contribution >= 0.6 is 0 Å². The molecule has 0 unspecified atom stereocenters. The van der Waals surface area contributed by atoms with Crippen LogP contribution in [0.3, 0.4) is 0 Å². The summed E-state index contributed by atoms with van der Waals surface area (Å²) in [7, 11) is 2.01. The molecule has 15 heavy (non-hydrogen) atoms. The number of aromatic nitrogens is 1. The zero-order valence-electron chi connectivity index (χ0n) is 8.98. The average Bonchev–Trinajstić information content (AvgIpc) is 3.09. The third kappa shape index (κ3) is 2.47. The maximum absolute atomic E-state index is 8.94. The normalized spacial score (nSPS) is 14.7. The van der Waals surface area contributed by atoms with Gasteiger partial charge in [0.1, 0.15) is 11.9 Å². The van der Waals surface area contributed by atoms with Crippen LogP contribution in [0, 0.1) is 17.2 Å². The molecular weight excluding hydrogens is 186 g/mol. The lowest BCUT2D eigenvalue weighted by Crippen LogP contribution is -2.21. The van der Waals surface area contributed by atoms with E-state index in [1.165, 1.54) is 19.3 Å². The molecule has 1 aromatic rings. The number of anilines is 1. The van der Waals surface area contributed by atoms with E-state index in [1.807, 2.05) is 13.1 Å². The Morgan fingerprint density at radius 3 is 3.07 bits per heavy atom. The first-order chi connectivity index (χ1) is 7.31. The summed E-state index contributed by atoms with van der Waals surface area (Å²) in [6.07, 6.45) is 5.71. The van der Waals surface area contributed by atoms with Crippen molar-refractivity contribution >= 4 is 5.82 Å². The summed E-state index contributed by atoms with van der Waals surface area (Å²) >= 11 is 0. The summed E-state index contributed by atoms with van der Waals surface area (Å²) < 4.78 is 0. The molecule has 0 amide bonds.